The molecule has 1 rings (SSSR count). The number of aromatic nitrogens is 1. The van der Waals surface area contributed by atoms with Crippen molar-refractivity contribution in [2.24, 2.45) is 0 Å². The zero-order valence-electron chi connectivity index (χ0n) is 10.1. The van der Waals surface area contributed by atoms with E-state index in [0.717, 1.165) is 35.1 Å². The standard InChI is InChI=1S/C11H19N3OS/c1-4-12-6-5-7-13-11(15)10-8(2)14-9(3)16-10/h12H,4-7H2,1-3H3,(H,13,15). The maximum atomic E-state index is 11.8. The number of hydrogen-bond donors (Lipinski definition) is 2. The molecule has 0 aliphatic rings. The zero-order valence-corrected chi connectivity index (χ0v) is 10.9. The molecule has 90 valence electrons. The number of aryl methyl sites for hydroxylation is 2. The summed E-state index contributed by atoms with van der Waals surface area (Å²) in [6, 6.07) is 0. The van der Waals surface area contributed by atoms with Crippen molar-refractivity contribution in [2.45, 2.75) is 27.2 Å². The van der Waals surface area contributed by atoms with Gasteiger partial charge in [-0.2, -0.15) is 0 Å². The van der Waals surface area contributed by atoms with Crippen molar-refractivity contribution in [3.63, 3.8) is 0 Å². The van der Waals surface area contributed by atoms with Gasteiger partial charge in [-0.1, -0.05) is 6.92 Å². The summed E-state index contributed by atoms with van der Waals surface area (Å²) < 4.78 is 0. The molecule has 0 spiro atoms. The number of nitrogens with zero attached hydrogens (tertiary/aromatic N) is 1. The van der Waals surface area contributed by atoms with Crippen LogP contribution < -0.4 is 10.6 Å². The van der Waals surface area contributed by atoms with Crippen LogP contribution in [0.2, 0.25) is 0 Å². The summed E-state index contributed by atoms with van der Waals surface area (Å²) in [6.07, 6.45) is 0.955. The van der Waals surface area contributed by atoms with Gasteiger partial charge in [0.05, 0.1) is 10.7 Å². The molecule has 0 aliphatic heterocycles. The first kappa shape index (κ1) is 13.1. The SMILES string of the molecule is CCNCCCNC(=O)c1sc(C)nc1C. The molecule has 16 heavy (non-hydrogen) atoms. The Labute approximate surface area is 100 Å². The third-order valence-corrected chi connectivity index (χ3v) is 3.25. The number of carbonyl (C=O) groups excluding carboxylic acids is 1. The van der Waals surface area contributed by atoms with E-state index in [9.17, 15) is 4.79 Å². The van der Waals surface area contributed by atoms with Crippen molar-refractivity contribution >= 4 is 17.2 Å². The van der Waals surface area contributed by atoms with Crippen LogP contribution in [0.3, 0.4) is 0 Å². The van der Waals surface area contributed by atoms with Crippen molar-refractivity contribution in [3.05, 3.63) is 15.6 Å². The van der Waals surface area contributed by atoms with E-state index < -0.39 is 0 Å². The van der Waals surface area contributed by atoms with Crippen LogP contribution in [-0.2, 0) is 0 Å². The summed E-state index contributed by atoms with van der Waals surface area (Å²) in [4.78, 5) is 16.7. The van der Waals surface area contributed by atoms with Crippen molar-refractivity contribution in [3.8, 4) is 0 Å². The van der Waals surface area contributed by atoms with Crippen LogP contribution >= 0.6 is 11.3 Å². The number of rotatable bonds is 6. The Morgan fingerprint density at radius 1 is 1.38 bits per heavy atom. The lowest BCUT2D eigenvalue weighted by Gasteiger charge is -2.04. The summed E-state index contributed by atoms with van der Waals surface area (Å²) >= 11 is 1.45. The molecular formula is C11H19N3OS. The predicted octanol–water partition coefficient (Wildman–Crippen LogP) is 1.49. The topological polar surface area (TPSA) is 54.0 Å². The van der Waals surface area contributed by atoms with Gasteiger partial charge in [0.25, 0.3) is 5.91 Å². The van der Waals surface area contributed by atoms with Crippen molar-refractivity contribution in [1.82, 2.24) is 15.6 Å². The average Bonchev–Trinajstić information content (AvgIpc) is 2.57. The van der Waals surface area contributed by atoms with E-state index in [1.807, 2.05) is 13.8 Å². The van der Waals surface area contributed by atoms with Gasteiger partial charge in [-0.05, 0) is 33.4 Å². The Bertz CT molecular complexity index is 349. The molecule has 0 fully saturated rings. The molecule has 1 heterocycles. The maximum Gasteiger partial charge on any atom is 0.263 e. The number of amides is 1. The molecule has 1 aromatic heterocycles. The van der Waals surface area contributed by atoms with Gasteiger partial charge < -0.3 is 10.6 Å². The van der Waals surface area contributed by atoms with Crippen molar-refractivity contribution < 1.29 is 4.79 Å². The zero-order chi connectivity index (χ0) is 12.0. The van der Waals surface area contributed by atoms with Gasteiger partial charge in [-0.25, -0.2) is 4.98 Å². The molecule has 1 amide bonds. The molecule has 0 saturated carbocycles. The van der Waals surface area contributed by atoms with E-state index in [2.05, 4.69) is 22.5 Å². The molecule has 0 radical (unpaired) electrons. The van der Waals surface area contributed by atoms with Crippen LogP contribution in [-0.4, -0.2) is 30.5 Å². The van der Waals surface area contributed by atoms with Crippen LogP contribution in [0.25, 0.3) is 0 Å². The van der Waals surface area contributed by atoms with Crippen molar-refractivity contribution in [2.75, 3.05) is 19.6 Å². The first-order valence-electron chi connectivity index (χ1n) is 5.58. The molecule has 0 saturated heterocycles. The highest BCUT2D eigenvalue weighted by Crippen LogP contribution is 2.16. The molecule has 0 unspecified atom stereocenters. The highest BCUT2D eigenvalue weighted by atomic mass is 32.1. The molecule has 0 aromatic carbocycles. The molecule has 1 aromatic rings. The minimum absolute atomic E-state index is 0.000372. The fourth-order valence-corrected chi connectivity index (χ4v) is 2.25. The van der Waals surface area contributed by atoms with Gasteiger partial charge in [0, 0.05) is 6.54 Å². The van der Waals surface area contributed by atoms with Crippen LogP contribution in [0.5, 0.6) is 0 Å². The lowest BCUT2D eigenvalue weighted by Crippen LogP contribution is -2.27. The van der Waals surface area contributed by atoms with Gasteiger partial charge in [0.15, 0.2) is 0 Å². The molecule has 4 nitrogen and oxygen atoms in total. The maximum absolute atomic E-state index is 11.8. The van der Waals surface area contributed by atoms with Gasteiger partial charge >= 0.3 is 0 Å². The number of carbonyl (C=O) groups is 1. The molecule has 2 N–H and O–H groups in total. The first-order chi connectivity index (χ1) is 7.65. The molecular weight excluding hydrogens is 222 g/mol. The van der Waals surface area contributed by atoms with Gasteiger partial charge in [0.1, 0.15) is 4.88 Å². The Morgan fingerprint density at radius 3 is 2.69 bits per heavy atom. The lowest BCUT2D eigenvalue weighted by atomic mass is 10.3. The van der Waals surface area contributed by atoms with Gasteiger partial charge in [0.2, 0.25) is 0 Å². The summed E-state index contributed by atoms with van der Waals surface area (Å²) in [7, 11) is 0. The summed E-state index contributed by atoms with van der Waals surface area (Å²) in [5.41, 5.74) is 0.826. The number of nitrogens with one attached hydrogen (secondary N) is 2. The Balaban J connectivity index is 2.33. The van der Waals surface area contributed by atoms with Gasteiger partial charge in [-0.3, -0.25) is 4.79 Å². The Kier molecular flexibility index (Phi) is 5.42. The molecule has 5 heteroatoms. The van der Waals surface area contributed by atoms with Gasteiger partial charge in [-0.15, -0.1) is 11.3 Å². The summed E-state index contributed by atoms with van der Waals surface area (Å²) in [6.45, 7) is 8.49. The number of thiazole rings is 1. The highest BCUT2D eigenvalue weighted by molar-refractivity contribution is 7.13. The second-order valence-electron chi connectivity index (χ2n) is 3.61. The van der Waals surface area contributed by atoms with E-state index in [0.29, 0.717) is 6.54 Å². The largest absolute Gasteiger partial charge is 0.351 e. The summed E-state index contributed by atoms with van der Waals surface area (Å²) in [5.74, 6) is -0.000372. The normalized spacial score (nSPS) is 10.4. The van der Waals surface area contributed by atoms with Crippen molar-refractivity contribution in [1.29, 1.82) is 0 Å². The monoisotopic (exact) mass is 241 g/mol. The number of hydrogen-bond acceptors (Lipinski definition) is 4. The van der Waals surface area contributed by atoms with E-state index in [1.54, 1.807) is 0 Å². The van der Waals surface area contributed by atoms with Crippen LogP contribution in [0.1, 0.15) is 33.7 Å². The third-order valence-electron chi connectivity index (χ3n) is 2.18. The second kappa shape index (κ2) is 6.60. The average molecular weight is 241 g/mol. The molecule has 0 aliphatic carbocycles. The Hall–Kier alpha value is -0.940. The quantitative estimate of drug-likeness (QED) is 0.742. The molecule has 0 atom stereocenters. The van der Waals surface area contributed by atoms with Crippen LogP contribution in [0, 0.1) is 13.8 Å². The highest BCUT2D eigenvalue weighted by Gasteiger charge is 2.12. The first-order valence-corrected chi connectivity index (χ1v) is 6.39. The third kappa shape index (κ3) is 3.90. The van der Waals surface area contributed by atoms with E-state index in [4.69, 9.17) is 0 Å². The smallest absolute Gasteiger partial charge is 0.263 e. The summed E-state index contributed by atoms with van der Waals surface area (Å²) in [5, 5.41) is 7.06. The lowest BCUT2D eigenvalue weighted by molar-refractivity contribution is 0.0956. The van der Waals surface area contributed by atoms with E-state index in [-0.39, 0.29) is 5.91 Å². The predicted molar refractivity (Wildman–Crippen MR) is 67.1 cm³/mol. The Morgan fingerprint density at radius 2 is 2.12 bits per heavy atom. The fourth-order valence-electron chi connectivity index (χ4n) is 1.41. The molecule has 0 bridgehead atoms. The minimum Gasteiger partial charge on any atom is -0.351 e. The van der Waals surface area contributed by atoms with Crippen LogP contribution in [0.4, 0.5) is 0 Å². The fraction of sp³-hybridized carbons (Fsp3) is 0.636. The van der Waals surface area contributed by atoms with Crippen LogP contribution in [0.15, 0.2) is 0 Å². The van der Waals surface area contributed by atoms with E-state index in [1.165, 1.54) is 11.3 Å². The minimum atomic E-state index is -0.000372. The second-order valence-corrected chi connectivity index (χ2v) is 4.81. The van der Waals surface area contributed by atoms with E-state index >= 15 is 0 Å².